The molecule has 4 N–H and O–H groups in total. The highest BCUT2D eigenvalue weighted by molar-refractivity contribution is 5.77. The average Bonchev–Trinajstić information content (AvgIpc) is 2.90. The number of amides is 1. The van der Waals surface area contributed by atoms with Crippen molar-refractivity contribution in [2.24, 2.45) is 0 Å². The van der Waals surface area contributed by atoms with Crippen molar-refractivity contribution in [2.45, 2.75) is 112 Å². The fraction of sp³-hybridized carbons (Fsp3) is 0.750. The van der Waals surface area contributed by atoms with E-state index >= 15 is 0 Å². The van der Waals surface area contributed by atoms with Gasteiger partial charge in [0.15, 0.2) is 0 Å². The number of hydrogen-bond donors (Lipinski definition) is 4. The summed E-state index contributed by atoms with van der Waals surface area (Å²) in [5.41, 5.74) is -1.46. The van der Waals surface area contributed by atoms with Gasteiger partial charge in [0.25, 0.3) is 0 Å². The minimum absolute atomic E-state index is 0.0647. The Morgan fingerprint density at radius 1 is 1.14 bits per heavy atom. The van der Waals surface area contributed by atoms with Gasteiger partial charge in [0.05, 0.1) is 29.3 Å². The molecule has 2 saturated heterocycles. The number of hydrogen-bond acceptors (Lipinski definition) is 6. The Morgan fingerprint density at radius 2 is 1.83 bits per heavy atom. The maximum absolute atomic E-state index is 12.7. The number of aliphatic hydroxyl groups excluding tert-OH is 2. The lowest BCUT2D eigenvalue weighted by molar-refractivity contribution is -0.250. The summed E-state index contributed by atoms with van der Waals surface area (Å²) in [6.45, 7) is 2.03. The highest BCUT2D eigenvalue weighted by atomic mass is 16.6. The molecule has 7 heteroatoms. The molecule has 35 heavy (non-hydrogen) atoms. The molecule has 1 unspecified atom stereocenters. The summed E-state index contributed by atoms with van der Waals surface area (Å²) in [5, 5.41) is 36.6. The van der Waals surface area contributed by atoms with Gasteiger partial charge in [0.2, 0.25) is 5.91 Å². The smallest absolute Gasteiger partial charge is 0.222 e. The average molecular weight is 489 g/mol. The van der Waals surface area contributed by atoms with Crippen LogP contribution in [0, 0.1) is 0 Å². The molecule has 3 fully saturated rings. The summed E-state index contributed by atoms with van der Waals surface area (Å²) in [5.74, 6) is -0.110. The van der Waals surface area contributed by atoms with Crippen molar-refractivity contribution >= 4 is 5.91 Å². The third-order valence-corrected chi connectivity index (χ3v) is 8.84. The lowest BCUT2D eigenvalue weighted by atomic mass is 9.72. The molecule has 7 nitrogen and oxygen atoms in total. The minimum atomic E-state index is -0.935. The lowest BCUT2D eigenvalue weighted by Crippen LogP contribution is -2.61. The van der Waals surface area contributed by atoms with E-state index < -0.39 is 29.0 Å². The molecule has 1 aromatic carbocycles. The van der Waals surface area contributed by atoms with E-state index in [-0.39, 0.29) is 30.8 Å². The first-order valence-electron chi connectivity index (χ1n) is 13.3. The third kappa shape index (κ3) is 5.75. The standard InChI is InChI=1S/C28H44N2O5/c1-26-16-21(20-10-6-4-7-11-20)17-28(35-26,15-12-22(25(26)33)30(2)3)23(31)19-29-24(32)18-27(34)13-8-5-9-14-27/h4,6-7,10-11,21-23,25,31,33-34H,5,8-9,12-19H2,1-3H3,(H,29,32)/t21-,22-,23?,25+,26+,28+/m1/s1. The van der Waals surface area contributed by atoms with E-state index in [1.165, 1.54) is 5.56 Å². The van der Waals surface area contributed by atoms with Gasteiger partial charge in [-0.1, -0.05) is 49.6 Å². The maximum Gasteiger partial charge on any atom is 0.222 e. The molecule has 2 heterocycles. The molecule has 1 aromatic rings. The zero-order chi connectivity index (χ0) is 25.3. The lowest BCUT2D eigenvalue weighted by Gasteiger charge is -2.52. The van der Waals surface area contributed by atoms with Gasteiger partial charge in [-0.25, -0.2) is 0 Å². The van der Waals surface area contributed by atoms with E-state index in [2.05, 4.69) is 17.4 Å². The van der Waals surface area contributed by atoms with Crippen LogP contribution in [0.5, 0.6) is 0 Å². The molecule has 1 aliphatic carbocycles. The molecule has 3 aliphatic rings. The summed E-state index contributed by atoms with van der Waals surface area (Å²) in [4.78, 5) is 14.8. The van der Waals surface area contributed by atoms with Crippen molar-refractivity contribution in [3.8, 4) is 0 Å². The molecule has 1 amide bonds. The van der Waals surface area contributed by atoms with Crippen LogP contribution in [0.3, 0.4) is 0 Å². The van der Waals surface area contributed by atoms with Crippen molar-refractivity contribution in [3.05, 3.63) is 35.9 Å². The van der Waals surface area contributed by atoms with Crippen LogP contribution in [0.2, 0.25) is 0 Å². The summed E-state index contributed by atoms with van der Waals surface area (Å²) < 4.78 is 6.70. The van der Waals surface area contributed by atoms with Crippen LogP contribution >= 0.6 is 0 Å². The Kier molecular flexibility index (Phi) is 7.94. The fourth-order valence-corrected chi connectivity index (χ4v) is 6.83. The largest absolute Gasteiger partial charge is 0.389 e. The maximum atomic E-state index is 12.7. The molecular formula is C28H44N2O5. The predicted octanol–water partition coefficient (Wildman–Crippen LogP) is 2.73. The van der Waals surface area contributed by atoms with Crippen LogP contribution in [-0.2, 0) is 9.53 Å². The van der Waals surface area contributed by atoms with Gasteiger partial charge in [0.1, 0.15) is 6.10 Å². The predicted molar refractivity (Wildman–Crippen MR) is 135 cm³/mol. The number of aliphatic hydroxyl groups is 3. The van der Waals surface area contributed by atoms with Crippen LogP contribution in [0.4, 0.5) is 0 Å². The number of nitrogens with zero attached hydrogens (tertiary/aromatic N) is 1. The Balaban J connectivity index is 1.53. The molecule has 2 bridgehead atoms. The normalized spacial score (nSPS) is 35.8. The van der Waals surface area contributed by atoms with E-state index in [0.29, 0.717) is 38.5 Å². The zero-order valence-corrected chi connectivity index (χ0v) is 21.6. The van der Waals surface area contributed by atoms with E-state index in [1.807, 2.05) is 44.1 Å². The van der Waals surface area contributed by atoms with Gasteiger partial charge >= 0.3 is 0 Å². The monoisotopic (exact) mass is 488 g/mol. The van der Waals surface area contributed by atoms with Crippen LogP contribution in [-0.4, -0.2) is 81.8 Å². The number of carbonyl (C=O) groups excluding carboxylic acids is 1. The van der Waals surface area contributed by atoms with Crippen molar-refractivity contribution in [3.63, 3.8) is 0 Å². The second-order valence-electron chi connectivity index (χ2n) is 11.8. The molecule has 1 saturated carbocycles. The second kappa shape index (κ2) is 10.5. The summed E-state index contributed by atoms with van der Waals surface area (Å²) in [7, 11) is 3.95. The van der Waals surface area contributed by atoms with Crippen LogP contribution in [0.1, 0.15) is 82.6 Å². The summed E-state index contributed by atoms with van der Waals surface area (Å²) in [6, 6.07) is 10.2. The number of nitrogens with one attached hydrogen (secondary N) is 1. The highest BCUT2D eigenvalue weighted by Crippen LogP contribution is 2.51. The van der Waals surface area contributed by atoms with E-state index in [1.54, 1.807) is 0 Å². The Hall–Kier alpha value is -1.51. The van der Waals surface area contributed by atoms with Gasteiger partial charge in [-0.05, 0) is 71.0 Å². The van der Waals surface area contributed by atoms with Crippen molar-refractivity contribution in [1.82, 2.24) is 10.2 Å². The molecule has 6 atom stereocenters. The van der Waals surface area contributed by atoms with Crippen LogP contribution < -0.4 is 5.32 Å². The number of likely N-dealkylation sites (N-methyl/N-ethyl adjacent to an activating group) is 1. The first kappa shape index (κ1) is 26.6. The van der Waals surface area contributed by atoms with Gasteiger partial charge in [-0.15, -0.1) is 0 Å². The molecule has 196 valence electrons. The third-order valence-electron chi connectivity index (χ3n) is 8.84. The fourth-order valence-electron chi connectivity index (χ4n) is 6.83. The summed E-state index contributed by atoms with van der Waals surface area (Å²) in [6.07, 6.45) is 5.30. The number of fused-ring (bicyclic) bond motifs is 2. The summed E-state index contributed by atoms with van der Waals surface area (Å²) >= 11 is 0. The number of carbonyl (C=O) groups is 1. The van der Waals surface area contributed by atoms with Crippen LogP contribution in [0.25, 0.3) is 0 Å². The number of benzene rings is 1. The Bertz CT molecular complexity index is 858. The second-order valence-corrected chi connectivity index (χ2v) is 11.8. The Morgan fingerprint density at radius 3 is 2.49 bits per heavy atom. The molecule has 0 radical (unpaired) electrons. The van der Waals surface area contributed by atoms with Gasteiger partial charge in [-0.3, -0.25) is 4.79 Å². The van der Waals surface area contributed by atoms with Crippen LogP contribution in [0.15, 0.2) is 30.3 Å². The van der Waals surface area contributed by atoms with Crippen molar-refractivity contribution < 1.29 is 24.9 Å². The SMILES string of the molecule is CN(C)[C@@H]1CC[C@@]2(C(O)CNC(=O)CC3(O)CCCCC3)C[C@H](c3ccccc3)C[C@](C)(O2)[C@H]1O. The number of ether oxygens (including phenoxy) is 1. The van der Waals surface area contributed by atoms with Crippen molar-refractivity contribution in [2.75, 3.05) is 20.6 Å². The minimum Gasteiger partial charge on any atom is -0.389 e. The Labute approximate surface area is 209 Å². The first-order valence-corrected chi connectivity index (χ1v) is 13.3. The highest BCUT2D eigenvalue weighted by Gasteiger charge is 2.57. The quantitative estimate of drug-likeness (QED) is 0.471. The zero-order valence-electron chi connectivity index (χ0n) is 21.6. The topological polar surface area (TPSA) is 102 Å². The molecule has 0 spiro atoms. The number of rotatable bonds is 7. The molecule has 0 aromatic heterocycles. The van der Waals surface area contributed by atoms with Gasteiger partial charge in [-0.2, -0.15) is 0 Å². The molecule has 4 rings (SSSR count). The van der Waals surface area contributed by atoms with E-state index in [9.17, 15) is 20.1 Å². The van der Waals surface area contributed by atoms with Gasteiger partial charge in [0, 0.05) is 12.6 Å². The first-order chi connectivity index (χ1) is 16.6. The van der Waals surface area contributed by atoms with E-state index in [0.717, 1.165) is 19.3 Å². The molecular weight excluding hydrogens is 444 g/mol. The van der Waals surface area contributed by atoms with Gasteiger partial charge < -0.3 is 30.3 Å². The van der Waals surface area contributed by atoms with Crippen molar-refractivity contribution in [1.29, 1.82) is 0 Å². The van der Waals surface area contributed by atoms with E-state index in [4.69, 9.17) is 4.74 Å². The molecule has 2 aliphatic heterocycles.